The highest BCUT2D eigenvalue weighted by atomic mass is 16.5. The number of carbonyl (C=O) groups is 1. The lowest BCUT2D eigenvalue weighted by atomic mass is 10.2. The van der Waals surface area contributed by atoms with Gasteiger partial charge in [-0.25, -0.2) is 4.98 Å². The van der Waals surface area contributed by atoms with Crippen molar-refractivity contribution < 1.29 is 9.53 Å². The van der Waals surface area contributed by atoms with Crippen molar-refractivity contribution in [2.45, 2.75) is 26.0 Å². The average Bonchev–Trinajstić information content (AvgIpc) is 2.60. The second kappa shape index (κ2) is 7.43. The van der Waals surface area contributed by atoms with E-state index in [1.807, 2.05) is 0 Å². The van der Waals surface area contributed by atoms with Gasteiger partial charge in [0.05, 0.1) is 13.2 Å². The van der Waals surface area contributed by atoms with E-state index in [4.69, 9.17) is 4.74 Å². The number of aromatic amines is 1. The second-order valence-electron chi connectivity index (χ2n) is 5.95. The number of morpholine rings is 1. The summed E-state index contributed by atoms with van der Waals surface area (Å²) in [6.45, 7) is 3.26. The molecule has 1 unspecified atom stereocenters. The number of aromatic nitrogens is 3. The summed E-state index contributed by atoms with van der Waals surface area (Å²) < 4.78 is 7.16. The van der Waals surface area contributed by atoms with Crippen molar-refractivity contribution in [2.75, 3.05) is 19.7 Å². The third-order valence-corrected chi connectivity index (χ3v) is 4.08. The first kappa shape index (κ1) is 17.1. The smallest absolute Gasteiger partial charge is 0.251 e. The van der Waals surface area contributed by atoms with Gasteiger partial charge in [-0.15, -0.1) is 0 Å². The molecular weight excluding hydrogens is 324 g/mol. The number of nitrogens with one attached hydrogen (secondary N) is 1. The van der Waals surface area contributed by atoms with Crippen LogP contribution in [-0.2, 0) is 16.1 Å². The van der Waals surface area contributed by atoms with Crippen molar-refractivity contribution >= 4 is 5.91 Å². The molecule has 3 rings (SSSR count). The first-order valence-corrected chi connectivity index (χ1v) is 8.15. The molecule has 25 heavy (non-hydrogen) atoms. The molecule has 8 nitrogen and oxygen atoms in total. The molecular formula is C17H20N4O4. The summed E-state index contributed by atoms with van der Waals surface area (Å²) in [6.07, 6.45) is 1.44. The molecule has 0 aliphatic carbocycles. The summed E-state index contributed by atoms with van der Waals surface area (Å²) in [6, 6.07) is 6.31. The van der Waals surface area contributed by atoms with Crippen LogP contribution in [0.3, 0.4) is 0 Å². The number of carbonyl (C=O) groups excluding carboxylic acids is 1. The molecule has 1 amide bonds. The molecule has 3 heterocycles. The zero-order chi connectivity index (χ0) is 17.8. The van der Waals surface area contributed by atoms with E-state index in [-0.39, 0.29) is 23.4 Å². The standard InChI is InChI=1S/C17H20N4O4/c1-12-10-14(22)19-17(18-12)13-11-21(8-9-25-13)16(24)5-7-20-6-3-2-4-15(20)23/h2-4,6,10,13H,5,7-9,11H2,1H3,(H,18,19,22). The maximum atomic E-state index is 12.5. The van der Waals surface area contributed by atoms with Crippen LogP contribution in [0.4, 0.5) is 0 Å². The van der Waals surface area contributed by atoms with Crippen molar-refractivity contribution in [1.29, 1.82) is 0 Å². The SMILES string of the molecule is Cc1cc(=O)[nH]c(C2CN(C(=O)CCn3ccccc3=O)CCO2)n1. The lowest BCUT2D eigenvalue weighted by Gasteiger charge is -2.32. The Balaban J connectivity index is 1.64. The number of amides is 1. The summed E-state index contributed by atoms with van der Waals surface area (Å²) in [5.74, 6) is 0.376. The van der Waals surface area contributed by atoms with Crippen LogP contribution in [0.1, 0.15) is 24.0 Å². The van der Waals surface area contributed by atoms with Gasteiger partial charge >= 0.3 is 0 Å². The molecule has 0 aromatic carbocycles. The normalized spacial score (nSPS) is 17.5. The van der Waals surface area contributed by atoms with Gasteiger partial charge in [0, 0.05) is 43.5 Å². The fourth-order valence-electron chi connectivity index (χ4n) is 2.82. The Morgan fingerprint density at radius 2 is 2.24 bits per heavy atom. The first-order chi connectivity index (χ1) is 12.0. The lowest BCUT2D eigenvalue weighted by molar-refractivity contribution is -0.139. The number of rotatable bonds is 4. The Morgan fingerprint density at radius 1 is 1.40 bits per heavy atom. The lowest BCUT2D eigenvalue weighted by Crippen LogP contribution is -2.43. The van der Waals surface area contributed by atoms with Crippen LogP contribution in [0, 0.1) is 6.92 Å². The monoisotopic (exact) mass is 344 g/mol. The molecule has 132 valence electrons. The summed E-state index contributed by atoms with van der Waals surface area (Å²) >= 11 is 0. The molecule has 2 aromatic rings. The van der Waals surface area contributed by atoms with Crippen molar-refractivity contribution in [2.24, 2.45) is 0 Å². The molecule has 0 spiro atoms. The van der Waals surface area contributed by atoms with Gasteiger partial charge in [0.15, 0.2) is 0 Å². The highest BCUT2D eigenvalue weighted by molar-refractivity contribution is 5.76. The van der Waals surface area contributed by atoms with Crippen LogP contribution in [-0.4, -0.2) is 45.0 Å². The van der Waals surface area contributed by atoms with Gasteiger partial charge < -0.3 is 19.2 Å². The number of H-pyrrole nitrogens is 1. The van der Waals surface area contributed by atoms with Gasteiger partial charge in [0.1, 0.15) is 11.9 Å². The minimum Gasteiger partial charge on any atom is -0.367 e. The number of pyridine rings is 1. The van der Waals surface area contributed by atoms with Crippen LogP contribution in [0.15, 0.2) is 40.1 Å². The molecule has 1 atom stereocenters. The van der Waals surface area contributed by atoms with E-state index in [0.29, 0.717) is 37.8 Å². The molecule has 8 heteroatoms. The van der Waals surface area contributed by atoms with E-state index in [0.717, 1.165) is 0 Å². The minimum atomic E-state index is -0.454. The Labute approximate surface area is 144 Å². The highest BCUT2D eigenvalue weighted by Gasteiger charge is 2.26. The molecule has 2 aromatic heterocycles. The van der Waals surface area contributed by atoms with Crippen molar-refractivity contribution in [3.8, 4) is 0 Å². The molecule has 1 saturated heterocycles. The van der Waals surface area contributed by atoms with E-state index in [1.54, 1.807) is 30.2 Å². The molecule has 0 radical (unpaired) electrons. The van der Waals surface area contributed by atoms with Crippen LogP contribution < -0.4 is 11.1 Å². The van der Waals surface area contributed by atoms with Gasteiger partial charge in [-0.3, -0.25) is 14.4 Å². The van der Waals surface area contributed by atoms with Crippen molar-refractivity contribution in [3.05, 3.63) is 62.7 Å². The van der Waals surface area contributed by atoms with Crippen LogP contribution in [0.2, 0.25) is 0 Å². The molecule has 0 bridgehead atoms. The highest BCUT2D eigenvalue weighted by Crippen LogP contribution is 2.19. The number of hydrogen-bond acceptors (Lipinski definition) is 5. The second-order valence-corrected chi connectivity index (χ2v) is 5.95. The van der Waals surface area contributed by atoms with Gasteiger partial charge in [0.25, 0.3) is 11.1 Å². The zero-order valence-electron chi connectivity index (χ0n) is 14.0. The molecule has 1 fully saturated rings. The Kier molecular flexibility index (Phi) is 5.08. The molecule has 0 saturated carbocycles. The van der Waals surface area contributed by atoms with Crippen LogP contribution in [0.25, 0.3) is 0 Å². The molecule has 1 aliphatic heterocycles. The van der Waals surface area contributed by atoms with Crippen LogP contribution in [0.5, 0.6) is 0 Å². The topological polar surface area (TPSA) is 97.3 Å². The van der Waals surface area contributed by atoms with E-state index < -0.39 is 6.10 Å². The van der Waals surface area contributed by atoms with Gasteiger partial charge in [-0.1, -0.05) is 6.07 Å². The van der Waals surface area contributed by atoms with Gasteiger partial charge in [-0.05, 0) is 13.0 Å². The number of nitrogens with zero attached hydrogens (tertiary/aromatic N) is 3. The van der Waals surface area contributed by atoms with Crippen molar-refractivity contribution in [1.82, 2.24) is 19.4 Å². The fraction of sp³-hybridized carbons (Fsp3) is 0.412. The summed E-state index contributed by atoms with van der Waals surface area (Å²) in [7, 11) is 0. The zero-order valence-corrected chi connectivity index (χ0v) is 14.0. The summed E-state index contributed by atoms with van der Waals surface area (Å²) in [5.41, 5.74) is 0.240. The number of ether oxygens (including phenoxy) is 1. The van der Waals surface area contributed by atoms with Gasteiger partial charge in [0.2, 0.25) is 5.91 Å². The molecule has 1 aliphatic rings. The quantitative estimate of drug-likeness (QED) is 0.856. The van der Waals surface area contributed by atoms with Gasteiger partial charge in [-0.2, -0.15) is 0 Å². The number of hydrogen-bond donors (Lipinski definition) is 1. The maximum Gasteiger partial charge on any atom is 0.251 e. The van der Waals surface area contributed by atoms with Crippen molar-refractivity contribution in [3.63, 3.8) is 0 Å². The third-order valence-electron chi connectivity index (χ3n) is 4.08. The Hall–Kier alpha value is -2.74. The largest absolute Gasteiger partial charge is 0.367 e. The van der Waals surface area contributed by atoms with E-state index >= 15 is 0 Å². The predicted octanol–water partition coefficient (Wildman–Crippen LogP) is 0.230. The average molecular weight is 344 g/mol. The molecule has 1 N–H and O–H groups in total. The minimum absolute atomic E-state index is 0.0564. The summed E-state index contributed by atoms with van der Waals surface area (Å²) in [5, 5.41) is 0. The third kappa shape index (κ3) is 4.21. The van der Waals surface area contributed by atoms with E-state index in [1.165, 1.54) is 16.7 Å². The van der Waals surface area contributed by atoms with E-state index in [2.05, 4.69) is 9.97 Å². The predicted molar refractivity (Wildman–Crippen MR) is 90.2 cm³/mol. The summed E-state index contributed by atoms with van der Waals surface area (Å²) in [4.78, 5) is 44.4. The Bertz CT molecular complexity index is 873. The Morgan fingerprint density at radius 3 is 3.00 bits per heavy atom. The number of aryl methyl sites for hydroxylation is 2. The first-order valence-electron chi connectivity index (χ1n) is 8.15. The van der Waals surface area contributed by atoms with Crippen LogP contribution >= 0.6 is 0 Å². The fourth-order valence-corrected chi connectivity index (χ4v) is 2.82. The maximum absolute atomic E-state index is 12.5. The van der Waals surface area contributed by atoms with E-state index in [9.17, 15) is 14.4 Å².